The second-order valence-corrected chi connectivity index (χ2v) is 6.10. The third kappa shape index (κ3) is 6.40. The number of amides is 1. The van der Waals surface area contributed by atoms with Gasteiger partial charge in [0, 0.05) is 19.1 Å². The first-order valence-electron chi connectivity index (χ1n) is 8.29. The molecule has 2 N–H and O–H groups in total. The minimum atomic E-state index is -0.717. The van der Waals surface area contributed by atoms with E-state index in [0.29, 0.717) is 38.9 Å². The molecule has 0 bridgehead atoms. The lowest BCUT2D eigenvalue weighted by Crippen LogP contribution is -2.38. The van der Waals surface area contributed by atoms with Crippen molar-refractivity contribution >= 4 is 11.9 Å². The van der Waals surface area contributed by atoms with Gasteiger partial charge in [0.25, 0.3) is 0 Å². The van der Waals surface area contributed by atoms with Crippen molar-refractivity contribution in [1.29, 1.82) is 0 Å². The lowest BCUT2D eigenvalue weighted by Gasteiger charge is -2.26. The molecule has 5 nitrogen and oxygen atoms in total. The fourth-order valence-electron chi connectivity index (χ4n) is 2.88. The minimum Gasteiger partial charge on any atom is -0.481 e. The van der Waals surface area contributed by atoms with Crippen molar-refractivity contribution in [3.8, 4) is 0 Å². The Balaban J connectivity index is 1.53. The number of nitrogens with one attached hydrogen (secondary N) is 1. The lowest BCUT2D eigenvalue weighted by molar-refractivity contribution is -0.142. The zero-order valence-electron chi connectivity index (χ0n) is 13.4. The lowest BCUT2D eigenvalue weighted by atomic mass is 9.86. The zero-order valence-corrected chi connectivity index (χ0v) is 13.4. The molecule has 0 aromatic heterocycles. The van der Waals surface area contributed by atoms with Crippen LogP contribution in [0.2, 0.25) is 0 Å². The van der Waals surface area contributed by atoms with E-state index < -0.39 is 5.97 Å². The Labute approximate surface area is 137 Å². The van der Waals surface area contributed by atoms with Gasteiger partial charge in [-0.15, -0.1) is 0 Å². The maximum atomic E-state index is 11.9. The first kappa shape index (κ1) is 17.5. The van der Waals surface area contributed by atoms with E-state index in [2.05, 4.69) is 5.32 Å². The van der Waals surface area contributed by atoms with Crippen LogP contribution in [0, 0.1) is 5.92 Å². The summed E-state index contributed by atoms with van der Waals surface area (Å²) in [4.78, 5) is 22.8. The van der Waals surface area contributed by atoms with Crippen molar-refractivity contribution < 1.29 is 19.4 Å². The van der Waals surface area contributed by atoms with Crippen molar-refractivity contribution in [2.75, 3.05) is 6.61 Å². The number of hydrogen-bond donors (Lipinski definition) is 2. The third-order valence-corrected chi connectivity index (χ3v) is 4.25. The van der Waals surface area contributed by atoms with Crippen molar-refractivity contribution in [3.63, 3.8) is 0 Å². The summed E-state index contributed by atoms with van der Waals surface area (Å²) >= 11 is 0. The highest BCUT2D eigenvalue weighted by molar-refractivity contribution is 5.76. The summed E-state index contributed by atoms with van der Waals surface area (Å²) in [5.41, 5.74) is 1.13. The van der Waals surface area contributed by atoms with Crippen LogP contribution in [0.3, 0.4) is 0 Å². The van der Waals surface area contributed by atoms with Crippen LogP contribution in [0.1, 0.15) is 44.1 Å². The van der Waals surface area contributed by atoms with Crippen molar-refractivity contribution in [2.24, 2.45) is 5.92 Å². The molecule has 23 heavy (non-hydrogen) atoms. The quantitative estimate of drug-likeness (QED) is 0.722. The molecule has 1 fully saturated rings. The van der Waals surface area contributed by atoms with Crippen molar-refractivity contribution in [3.05, 3.63) is 35.9 Å². The van der Waals surface area contributed by atoms with Gasteiger partial charge in [0.2, 0.25) is 5.91 Å². The number of aliphatic carboxylic acids is 1. The summed E-state index contributed by atoms with van der Waals surface area (Å²) in [6.07, 6.45) is 3.97. The summed E-state index contributed by atoms with van der Waals surface area (Å²) in [7, 11) is 0. The average molecular weight is 319 g/mol. The predicted molar refractivity (Wildman–Crippen MR) is 86.9 cm³/mol. The molecule has 0 atom stereocenters. The summed E-state index contributed by atoms with van der Waals surface area (Å²) in [6, 6.07) is 10.1. The Morgan fingerprint density at radius 1 is 1.13 bits per heavy atom. The molecule has 5 heteroatoms. The Hall–Kier alpha value is -1.88. The Morgan fingerprint density at radius 3 is 2.48 bits per heavy atom. The normalized spacial score (nSPS) is 20.9. The van der Waals surface area contributed by atoms with Crippen molar-refractivity contribution in [2.45, 2.75) is 51.2 Å². The second kappa shape index (κ2) is 9.30. The molecular weight excluding hydrogens is 294 g/mol. The molecule has 1 aliphatic rings. The largest absolute Gasteiger partial charge is 0.481 e. The summed E-state index contributed by atoms with van der Waals surface area (Å²) in [5.74, 6) is -0.924. The van der Waals surface area contributed by atoms with Crippen LogP contribution in [0.5, 0.6) is 0 Å². The highest BCUT2D eigenvalue weighted by Gasteiger charge is 2.26. The number of carboxylic acids is 1. The van der Waals surface area contributed by atoms with Gasteiger partial charge in [-0.3, -0.25) is 9.59 Å². The molecule has 0 radical (unpaired) electrons. The molecule has 1 aromatic carbocycles. The van der Waals surface area contributed by atoms with Crippen LogP contribution >= 0.6 is 0 Å². The molecule has 1 aliphatic carbocycles. The molecule has 0 saturated heterocycles. The van der Waals surface area contributed by atoms with Gasteiger partial charge in [-0.2, -0.15) is 0 Å². The van der Waals surface area contributed by atoms with Crippen LogP contribution in [0.25, 0.3) is 0 Å². The molecule has 0 spiro atoms. The minimum absolute atomic E-state index is 0.0343. The molecule has 0 aliphatic heterocycles. The van der Waals surface area contributed by atoms with E-state index in [9.17, 15) is 9.59 Å². The van der Waals surface area contributed by atoms with Gasteiger partial charge in [-0.05, 0) is 37.7 Å². The maximum absolute atomic E-state index is 11.9. The molecule has 0 heterocycles. The van der Waals surface area contributed by atoms with E-state index in [-0.39, 0.29) is 17.9 Å². The van der Waals surface area contributed by atoms with Gasteiger partial charge < -0.3 is 15.2 Å². The van der Waals surface area contributed by atoms with E-state index in [1.54, 1.807) is 0 Å². The van der Waals surface area contributed by atoms with Gasteiger partial charge >= 0.3 is 5.97 Å². The van der Waals surface area contributed by atoms with Gasteiger partial charge in [0.05, 0.1) is 12.5 Å². The number of ether oxygens (including phenoxy) is 1. The van der Waals surface area contributed by atoms with Gasteiger partial charge in [0.1, 0.15) is 0 Å². The van der Waals surface area contributed by atoms with Crippen molar-refractivity contribution in [1.82, 2.24) is 5.32 Å². The standard InChI is InChI=1S/C18H25NO4/c20-17(19-16-10-8-15(9-11-16)18(21)22)7-4-12-23-13-14-5-2-1-3-6-14/h1-3,5-6,15-16H,4,7-13H2,(H,19,20)(H,21,22). The molecule has 1 saturated carbocycles. The number of benzene rings is 1. The topological polar surface area (TPSA) is 75.6 Å². The number of carbonyl (C=O) groups excluding carboxylic acids is 1. The van der Waals surface area contributed by atoms with E-state index in [4.69, 9.17) is 9.84 Å². The summed E-state index contributed by atoms with van der Waals surface area (Å²) < 4.78 is 5.56. The smallest absolute Gasteiger partial charge is 0.306 e. The Bertz CT molecular complexity index is 495. The first-order chi connectivity index (χ1) is 11.1. The third-order valence-electron chi connectivity index (χ3n) is 4.25. The first-order valence-corrected chi connectivity index (χ1v) is 8.29. The predicted octanol–water partition coefficient (Wildman–Crippen LogP) is 2.74. The van der Waals surface area contributed by atoms with Gasteiger partial charge in [-0.25, -0.2) is 0 Å². The van der Waals surface area contributed by atoms with Gasteiger partial charge in [-0.1, -0.05) is 30.3 Å². The van der Waals surface area contributed by atoms with Gasteiger partial charge in [0.15, 0.2) is 0 Å². The molecule has 1 amide bonds. The van der Waals surface area contributed by atoms with Crippen LogP contribution in [0.15, 0.2) is 30.3 Å². The zero-order chi connectivity index (χ0) is 16.5. The van der Waals surface area contributed by atoms with Crippen LogP contribution in [-0.4, -0.2) is 29.6 Å². The van der Waals surface area contributed by atoms with Crippen LogP contribution in [0.4, 0.5) is 0 Å². The number of carboxylic acid groups (broad SMARTS) is 1. The molecule has 2 rings (SSSR count). The number of carbonyl (C=O) groups is 2. The second-order valence-electron chi connectivity index (χ2n) is 6.10. The monoisotopic (exact) mass is 319 g/mol. The van der Waals surface area contributed by atoms with Crippen LogP contribution in [-0.2, 0) is 20.9 Å². The molecular formula is C18H25NO4. The molecule has 0 unspecified atom stereocenters. The fraction of sp³-hybridized carbons (Fsp3) is 0.556. The fourth-order valence-corrected chi connectivity index (χ4v) is 2.88. The van der Waals surface area contributed by atoms with E-state index in [0.717, 1.165) is 18.4 Å². The highest BCUT2D eigenvalue weighted by atomic mass is 16.5. The molecule has 1 aromatic rings. The van der Waals surface area contributed by atoms with E-state index in [1.807, 2.05) is 30.3 Å². The average Bonchev–Trinajstić information content (AvgIpc) is 2.56. The Morgan fingerprint density at radius 2 is 1.83 bits per heavy atom. The Kier molecular flexibility index (Phi) is 7.07. The SMILES string of the molecule is O=C(CCCOCc1ccccc1)NC1CCC(C(=O)O)CC1. The van der Waals surface area contributed by atoms with Crippen LogP contribution < -0.4 is 5.32 Å². The maximum Gasteiger partial charge on any atom is 0.306 e. The number of hydrogen-bond acceptors (Lipinski definition) is 3. The van der Waals surface area contributed by atoms with E-state index >= 15 is 0 Å². The summed E-state index contributed by atoms with van der Waals surface area (Å²) in [6.45, 7) is 1.13. The molecule has 126 valence electrons. The summed E-state index contributed by atoms with van der Waals surface area (Å²) in [5, 5.41) is 12.0. The highest BCUT2D eigenvalue weighted by Crippen LogP contribution is 2.24. The van der Waals surface area contributed by atoms with E-state index in [1.165, 1.54) is 0 Å². The number of rotatable bonds is 8.